The van der Waals surface area contributed by atoms with Crippen molar-refractivity contribution in [2.75, 3.05) is 13.1 Å². The summed E-state index contributed by atoms with van der Waals surface area (Å²) in [5.41, 5.74) is -0.621. The standard InChI is InChI=1S/C17H22N4O4/c1-11(2)9-18-15(24)19-13(22)10-21-14(23)17(3,20-16(21)25)12-7-5-4-6-8-12/h4-8,11H,9-10H2,1-3H3,(H,20,25)(H2,18,19,22,24)/t17-/m1/s1. The molecular weight excluding hydrogens is 324 g/mol. The molecule has 134 valence electrons. The normalized spacial score (nSPS) is 19.8. The fraction of sp³-hybridized carbons (Fsp3) is 0.412. The van der Waals surface area contributed by atoms with Gasteiger partial charge in [0.15, 0.2) is 0 Å². The van der Waals surface area contributed by atoms with E-state index in [9.17, 15) is 19.2 Å². The number of nitrogens with one attached hydrogen (secondary N) is 3. The Morgan fingerprint density at radius 2 is 1.84 bits per heavy atom. The van der Waals surface area contributed by atoms with E-state index in [2.05, 4.69) is 16.0 Å². The van der Waals surface area contributed by atoms with E-state index in [0.29, 0.717) is 12.1 Å². The van der Waals surface area contributed by atoms with E-state index in [0.717, 1.165) is 4.90 Å². The molecular formula is C17H22N4O4. The van der Waals surface area contributed by atoms with Gasteiger partial charge in [0.1, 0.15) is 12.1 Å². The fourth-order valence-electron chi connectivity index (χ4n) is 2.46. The molecule has 0 bridgehead atoms. The molecule has 0 radical (unpaired) electrons. The first-order chi connectivity index (χ1) is 11.7. The molecule has 1 heterocycles. The molecule has 1 fully saturated rings. The minimum atomic E-state index is -1.24. The van der Waals surface area contributed by atoms with Gasteiger partial charge in [0.05, 0.1) is 0 Å². The van der Waals surface area contributed by atoms with Crippen molar-refractivity contribution in [1.82, 2.24) is 20.9 Å². The summed E-state index contributed by atoms with van der Waals surface area (Å²) in [5, 5.41) is 7.24. The van der Waals surface area contributed by atoms with Crippen LogP contribution in [0.1, 0.15) is 26.3 Å². The van der Waals surface area contributed by atoms with Gasteiger partial charge in [-0.05, 0) is 18.4 Å². The van der Waals surface area contributed by atoms with E-state index in [1.165, 1.54) is 0 Å². The first kappa shape index (κ1) is 18.4. The second kappa shape index (κ2) is 7.33. The van der Waals surface area contributed by atoms with Crippen LogP contribution in [0.15, 0.2) is 30.3 Å². The summed E-state index contributed by atoms with van der Waals surface area (Å²) < 4.78 is 0. The van der Waals surface area contributed by atoms with E-state index in [4.69, 9.17) is 0 Å². The number of benzene rings is 1. The first-order valence-corrected chi connectivity index (χ1v) is 8.01. The van der Waals surface area contributed by atoms with Gasteiger partial charge in [0.2, 0.25) is 5.91 Å². The molecule has 1 aromatic carbocycles. The average molecular weight is 346 g/mol. The number of rotatable bonds is 5. The van der Waals surface area contributed by atoms with Gasteiger partial charge in [0, 0.05) is 6.54 Å². The lowest BCUT2D eigenvalue weighted by molar-refractivity contribution is -0.134. The van der Waals surface area contributed by atoms with Crippen LogP contribution in [0.3, 0.4) is 0 Å². The lowest BCUT2D eigenvalue weighted by Crippen LogP contribution is -2.47. The highest BCUT2D eigenvalue weighted by atomic mass is 16.2. The van der Waals surface area contributed by atoms with Crippen molar-refractivity contribution in [3.63, 3.8) is 0 Å². The van der Waals surface area contributed by atoms with Gasteiger partial charge >= 0.3 is 12.1 Å². The monoisotopic (exact) mass is 346 g/mol. The zero-order valence-electron chi connectivity index (χ0n) is 14.5. The predicted molar refractivity (Wildman–Crippen MR) is 90.4 cm³/mol. The van der Waals surface area contributed by atoms with Gasteiger partial charge in [-0.3, -0.25) is 19.8 Å². The summed E-state index contributed by atoms with van der Waals surface area (Å²) in [6.07, 6.45) is 0. The van der Waals surface area contributed by atoms with Crippen molar-refractivity contribution in [2.24, 2.45) is 5.92 Å². The van der Waals surface area contributed by atoms with Gasteiger partial charge in [-0.15, -0.1) is 0 Å². The summed E-state index contributed by atoms with van der Waals surface area (Å²) in [5.74, 6) is -1.04. The van der Waals surface area contributed by atoms with Crippen molar-refractivity contribution in [3.8, 4) is 0 Å². The molecule has 6 amide bonds. The first-order valence-electron chi connectivity index (χ1n) is 8.01. The summed E-state index contributed by atoms with van der Waals surface area (Å²) in [4.78, 5) is 49.1. The minimum Gasteiger partial charge on any atom is -0.338 e. The third-order valence-electron chi connectivity index (χ3n) is 3.85. The van der Waals surface area contributed by atoms with Crippen molar-refractivity contribution in [1.29, 1.82) is 0 Å². The number of hydrogen-bond acceptors (Lipinski definition) is 4. The Hall–Kier alpha value is -2.90. The maximum Gasteiger partial charge on any atom is 0.325 e. The molecule has 0 aromatic heterocycles. The highest BCUT2D eigenvalue weighted by Gasteiger charge is 2.49. The van der Waals surface area contributed by atoms with E-state index >= 15 is 0 Å². The van der Waals surface area contributed by atoms with Crippen LogP contribution >= 0.6 is 0 Å². The van der Waals surface area contributed by atoms with Crippen LogP contribution in [0.25, 0.3) is 0 Å². The lowest BCUT2D eigenvalue weighted by atomic mass is 9.92. The quantitative estimate of drug-likeness (QED) is 0.690. The largest absolute Gasteiger partial charge is 0.338 e. The number of hydrogen-bond donors (Lipinski definition) is 3. The van der Waals surface area contributed by atoms with Gasteiger partial charge < -0.3 is 10.6 Å². The summed E-state index contributed by atoms with van der Waals surface area (Å²) in [6, 6.07) is 7.44. The number of carbonyl (C=O) groups is 4. The molecule has 1 aromatic rings. The van der Waals surface area contributed by atoms with E-state index in [1.54, 1.807) is 37.3 Å². The van der Waals surface area contributed by atoms with Crippen molar-refractivity contribution in [2.45, 2.75) is 26.3 Å². The average Bonchev–Trinajstić information content (AvgIpc) is 2.78. The van der Waals surface area contributed by atoms with Crippen LogP contribution in [0, 0.1) is 5.92 Å². The predicted octanol–water partition coefficient (Wildman–Crippen LogP) is 0.935. The Morgan fingerprint density at radius 3 is 2.44 bits per heavy atom. The summed E-state index contributed by atoms with van der Waals surface area (Å²) >= 11 is 0. The number of amides is 6. The summed E-state index contributed by atoms with van der Waals surface area (Å²) in [7, 11) is 0. The van der Waals surface area contributed by atoms with Crippen LogP contribution in [0.5, 0.6) is 0 Å². The third kappa shape index (κ3) is 4.14. The van der Waals surface area contributed by atoms with Crippen LogP contribution < -0.4 is 16.0 Å². The Balaban J connectivity index is 2.01. The molecule has 0 saturated carbocycles. The molecule has 2 rings (SSSR count). The van der Waals surface area contributed by atoms with E-state index in [1.807, 2.05) is 13.8 Å². The minimum absolute atomic E-state index is 0.235. The van der Waals surface area contributed by atoms with Crippen LogP contribution in [0.2, 0.25) is 0 Å². The molecule has 1 saturated heterocycles. The lowest BCUT2D eigenvalue weighted by Gasteiger charge is -2.22. The molecule has 0 spiro atoms. The maximum absolute atomic E-state index is 12.6. The van der Waals surface area contributed by atoms with Gasteiger partial charge in [-0.2, -0.15) is 0 Å². The van der Waals surface area contributed by atoms with Gasteiger partial charge in [-0.1, -0.05) is 44.2 Å². The highest BCUT2D eigenvalue weighted by molar-refractivity contribution is 6.10. The number of carbonyl (C=O) groups excluding carboxylic acids is 4. The van der Waals surface area contributed by atoms with Crippen molar-refractivity contribution in [3.05, 3.63) is 35.9 Å². The number of urea groups is 2. The van der Waals surface area contributed by atoms with Gasteiger partial charge in [-0.25, -0.2) is 9.59 Å². The van der Waals surface area contributed by atoms with Crippen LogP contribution in [-0.4, -0.2) is 41.9 Å². The topological polar surface area (TPSA) is 108 Å². The third-order valence-corrected chi connectivity index (χ3v) is 3.85. The molecule has 1 aliphatic rings. The molecule has 8 heteroatoms. The van der Waals surface area contributed by atoms with E-state index in [-0.39, 0.29) is 5.92 Å². The molecule has 8 nitrogen and oxygen atoms in total. The van der Waals surface area contributed by atoms with Crippen LogP contribution in [0.4, 0.5) is 9.59 Å². The Kier molecular flexibility index (Phi) is 5.41. The Labute approximate surface area is 145 Å². The maximum atomic E-state index is 12.6. The smallest absolute Gasteiger partial charge is 0.325 e. The summed E-state index contributed by atoms with van der Waals surface area (Å²) in [6.45, 7) is 5.30. The Bertz CT molecular complexity index is 689. The van der Waals surface area contributed by atoms with E-state index < -0.39 is 36.0 Å². The molecule has 1 atom stereocenters. The second-order valence-corrected chi connectivity index (χ2v) is 6.46. The SMILES string of the molecule is CC(C)CNC(=O)NC(=O)CN1C(=O)N[C@](C)(c2ccccc2)C1=O. The zero-order chi connectivity index (χ0) is 18.6. The zero-order valence-corrected chi connectivity index (χ0v) is 14.5. The van der Waals surface area contributed by atoms with Crippen molar-refractivity contribution < 1.29 is 19.2 Å². The fourth-order valence-corrected chi connectivity index (χ4v) is 2.46. The molecule has 3 N–H and O–H groups in total. The molecule has 0 aliphatic carbocycles. The number of imide groups is 2. The van der Waals surface area contributed by atoms with Gasteiger partial charge in [0.25, 0.3) is 5.91 Å². The van der Waals surface area contributed by atoms with Crippen LogP contribution in [-0.2, 0) is 15.1 Å². The second-order valence-electron chi connectivity index (χ2n) is 6.46. The molecule has 25 heavy (non-hydrogen) atoms. The number of nitrogens with zero attached hydrogens (tertiary/aromatic N) is 1. The molecule has 1 aliphatic heterocycles. The van der Waals surface area contributed by atoms with Crippen molar-refractivity contribution >= 4 is 23.9 Å². The molecule has 0 unspecified atom stereocenters. The highest BCUT2D eigenvalue weighted by Crippen LogP contribution is 2.28. The Morgan fingerprint density at radius 1 is 1.20 bits per heavy atom.